The minimum Gasteiger partial charge on any atom is -0.508 e. The molecule has 2 aromatic rings. The molecule has 0 radical (unpaired) electrons. The van der Waals surface area contributed by atoms with Crippen molar-refractivity contribution in [1.82, 2.24) is 0 Å². The minimum atomic E-state index is -0.395. The van der Waals surface area contributed by atoms with E-state index >= 15 is 0 Å². The van der Waals surface area contributed by atoms with Crippen molar-refractivity contribution < 1.29 is 42.8 Å². The second-order valence-electron chi connectivity index (χ2n) is 12.5. The van der Waals surface area contributed by atoms with Gasteiger partial charge in [-0.2, -0.15) is 0 Å². The van der Waals surface area contributed by atoms with Crippen LogP contribution in [0, 0.1) is 0 Å². The number of phenols is 1. The van der Waals surface area contributed by atoms with Gasteiger partial charge in [0.15, 0.2) is 23.0 Å². The van der Waals surface area contributed by atoms with E-state index in [9.17, 15) is 5.11 Å². The molecule has 1 fully saturated rings. The Morgan fingerprint density at radius 1 is 0.738 bits per heavy atom. The molecular weight excluding hydrogens is 539 g/mol. The van der Waals surface area contributed by atoms with Crippen LogP contribution < -0.4 is 24.4 Å². The molecule has 0 spiro atoms. The van der Waals surface area contributed by atoms with Gasteiger partial charge in [-0.1, -0.05) is 26.7 Å². The molecule has 5 heterocycles. The van der Waals surface area contributed by atoms with Crippen molar-refractivity contribution in [3.8, 4) is 28.7 Å². The van der Waals surface area contributed by atoms with Gasteiger partial charge in [-0.3, -0.25) is 0 Å². The Kier molecular flexibility index (Phi) is 8.02. The van der Waals surface area contributed by atoms with Crippen LogP contribution in [0.5, 0.6) is 28.7 Å². The average Bonchev–Trinajstić information content (AvgIpc) is 3.67. The maximum Gasteiger partial charge on any atom is 0.495 e. The number of hydrogen-bond donors (Lipinski definition) is 1. The number of aromatic hydroxyl groups is 1. The van der Waals surface area contributed by atoms with E-state index in [1.807, 2.05) is 6.07 Å². The van der Waals surface area contributed by atoms with E-state index in [0.717, 1.165) is 77.9 Å². The number of benzene rings is 2. The van der Waals surface area contributed by atoms with Crippen molar-refractivity contribution in [2.75, 3.05) is 26.8 Å². The maximum absolute atomic E-state index is 10.0. The zero-order chi connectivity index (χ0) is 29.6. The Labute approximate surface area is 248 Å². The van der Waals surface area contributed by atoms with E-state index in [0.29, 0.717) is 24.7 Å². The van der Waals surface area contributed by atoms with Crippen molar-refractivity contribution >= 4 is 12.6 Å². The molecule has 0 aliphatic carbocycles. The average molecular weight is 582 g/mol. The van der Waals surface area contributed by atoms with E-state index < -0.39 is 7.12 Å². The molecule has 0 bridgehead atoms. The first-order chi connectivity index (χ1) is 20.1. The van der Waals surface area contributed by atoms with Crippen LogP contribution in [0.25, 0.3) is 0 Å². The Balaban J connectivity index is 0.000000162. The van der Waals surface area contributed by atoms with Crippen LogP contribution in [-0.4, -0.2) is 50.2 Å². The summed E-state index contributed by atoms with van der Waals surface area (Å²) in [6, 6.07) is 3.69. The third-order valence-electron chi connectivity index (χ3n) is 9.23. The van der Waals surface area contributed by atoms with Gasteiger partial charge in [-0.15, -0.1) is 0 Å². The van der Waals surface area contributed by atoms with Crippen LogP contribution in [0.3, 0.4) is 0 Å². The Hall–Kier alpha value is -2.66. The first-order valence-electron chi connectivity index (χ1n) is 15.3. The summed E-state index contributed by atoms with van der Waals surface area (Å²) >= 11 is 0. The van der Waals surface area contributed by atoms with Crippen molar-refractivity contribution in [3.63, 3.8) is 0 Å². The monoisotopic (exact) mass is 582 g/mol. The molecule has 2 atom stereocenters. The summed E-state index contributed by atoms with van der Waals surface area (Å²) in [4.78, 5) is 0. The molecule has 0 saturated carbocycles. The highest BCUT2D eigenvalue weighted by Gasteiger charge is 2.53. The van der Waals surface area contributed by atoms with Crippen molar-refractivity contribution in [3.05, 3.63) is 34.4 Å². The predicted octanol–water partition coefficient (Wildman–Crippen LogP) is 5.66. The molecule has 7 rings (SSSR count). The van der Waals surface area contributed by atoms with Gasteiger partial charge in [0.25, 0.3) is 0 Å². The standard InChI is InChI=1S/C19H27BO5.C13H16O4/c1-6-7-14-16-12(8-9-21-14)13(10-15-17(16)23-11-22-15)20-24-18(2,3)19(4,5)25-20;1-2-3-10-12-8(4-5-15-10)9(14)6-11-13(12)17-7-16-11/h10,14H,6-9,11H2,1-5H3;6,10,14H,2-5,7H2,1H3. The van der Waals surface area contributed by atoms with Gasteiger partial charge in [-0.25, -0.2) is 0 Å². The molecule has 1 saturated heterocycles. The molecule has 228 valence electrons. The number of ether oxygens (including phenoxy) is 6. The highest BCUT2D eigenvalue weighted by Crippen LogP contribution is 2.49. The summed E-state index contributed by atoms with van der Waals surface area (Å²) in [6.07, 6.45) is 5.64. The fourth-order valence-corrected chi connectivity index (χ4v) is 6.38. The van der Waals surface area contributed by atoms with E-state index in [4.69, 9.17) is 37.7 Å². The van der Waals surface area contributed by atoms with Crippen LogP contribution in [0.4, 0.5) is 0 Å². The molecular formula is C32H43BO9. The van der Waals surface area contributed by atoms with Crippen LogP contribution in [-0.2, 0) is 31.6 Å². The van der Waals surface area contributed by atoms with E-state index in [1.165, 1.54) is 5.56 Å². The quantitative estimate of drug-likeness (QED) is 0.448. The summed E-state index contributed by atoms with van der Waals surface area (Å²) in [7, 11) is -0.395. The second kappa shape index (κ2) is 11.4. The van der Waals surface area contributed by atoms with Gasteiger partial charge in [0, 0.05) is 22.8 Å². The fraction of sp³-hybridized carbons (Fsp3) is 0.625. The van der Waals surface area contributed by atoms with Crippen LogP contribution in [0.2, 0.25) is 0 Å². The Bertz CT molecular complexity index is 1300. The number of rotatable bonds is 5. The van der Waals surface area contributed by atoms with Crippen molar-refractivity contribution in [1.29, 1.82) is 0 Å². The van der Waals surface area contributed by atoms with Gasteiger partial charge in [0.1, 0.15) is 5.75 Å². The summed E-state index contributed by atoms with van der Waals surface area (Å²) in [5, 5.41) is 10.0. The third kappa shape index (κ3) is 5.10. The first-order valence-corrected chi connectivity index (χ1v) is 15.3. The normalized spacial score (nSPS) is 24.1. The van der Waals surface area contributed by atoms with Gasteiger partial charge >= 0.3 is 7.12 Å². The fourth-order valence-electron chi connectivity index (χ4n) is 6.38. The highest BCUT2D eigenvalue weighted by molar-refractivity contribution is 6.62. The van der Waals surface area contributed by atoms with Crippen LogP contribution in [0.1, 0.15) is 102 Å². The smallest absolute Gasteiger partial charge is 0.495 e. The zero-order valence-corrected chi connectivity index (χ0v) is 25.7. The molecule has 2 unspecified atom stereocenters. The Morgan fingerprint density at radius 3 is 1.79 bits per heavy atom. The summed E-state index contributed by atoms with van der Waals surface area (Å²) in [5.41, 5.74) is 4.65. The lowest BCUT2D eigenvalue weighted by molar-refractivity contribution is 0.00578. The van der Waals surface area contributed by atoms with Crippen LogP contribution in [0.15, 0.2) is 12.1 Å². The number of fused-ring (bicyclic) bond motifs is 6. The molecule has 5 aliphatic heterocycles. The van der Waals surface area contributed by atoms with Gasteiger partial charge in [0.2, 0.25) is 13.6 Å². The molecule has 2 aromatic carbocycles. The first kappa shape index (κ1) is 29.4. The number of hydrogen-bond acceptors (Lipinski definition) is 9. The van der Waals surface area contributed by atoms with Gasteiger partial charge in [-0.05, 0) is 70.5 Å². The Morgan fingerprint density at radius 2 is 1.24 bits per heavy atom. The second-order valence-corrected chi connectivity index (χ2v) is 12.5. The van der Waals surface area contributed by atoms with E-state index in [1.54, 1.807) is 6.07 Å². The highest BCUT2D eigenvalue weighted by atomic mass is 16.7. The predicted molar refractivity (Wildman–Crippen MR) is 157 cm³/mol. The SMILES string of the molecule is CCCC1OCCc2c(B3OC(C)(C)C(C)(C)O3)cc3c(c21)OCO3.CCCC1OCCc2c(O)cc3c(c21)OCO3. The maximum atomic E-state index is 10.0. The van der Waals surface area contributed by atoms with E-state index in [-0.39, 0.29) is 37.0 Å². The van der Waals surface area contributed by atoms with Crippen LogP contribution >= 0.6 is 0 Å². The largest absolute Gasteiger partial charge is 0.508 e. The molecule has 0 amide bonds. The molecule has 10 heteroatoms. The minimum absolute atomic E-state index is 0.0197. The van der Waals surface area contributed by atoms with E-state index in [2.05, 4.69) is 41.5 Å². The van der Waals surface area contributed by atoms with Gasteiger partial charge in [0.05, 0.1) is 36.6 Å². The molecule has 0 aromatic heterocycles. The summed E-state index contributed by atoms with van der Waals surface area (Å²) in [6.45, 7) is 14.5. The van der Waals surface area contributed by atoms with Crippen molar-refractivity contribution in [2.45, 2.75) is 103 Å². The lowest BCUT2D eigenvalue weighted by Gasteiger charge is -2.32. The summed E-state index contributed by atoms with van der Waals surface area (Å²) in [5.74, 6) is 3.31. The molecule has 9 nitrogen and oxygen atoms in total. The van der Waals surface area contributed by atoms with Gasteiger partial charge < -0.3 is 42.8 Å². The topological polar surface area (TPSA) is 94.1 Å². The lowest BCUT2D eigenvalue weighted by Crippen LogP contribution is -2.41. The molecule has 5 aliphatic rings. The number of phenolic OH excluding ortho intramolecular Hbond substituents is 1. The molecule has 1 N–H and O–H groups in total. The molecule has 42 heavy (non-hydrogen) atoms. The third-order valence-corrected chi connectivity index (χ3v) is 9.23. The zero-order valence-electron chi connectivity index (χ0n) is 25.7. The van der Waals surface area contributed by atoms with Crippen molar-refractivity contribution in [2.24, 2.45) is 0 Å². The lowest BCUT2D eigenvalue weighted by atomic mass is 9.72. The summed E-state index contributed by atoms with van der Waals surface area (Å²) < 4.78 is 46.8.